The normalized spacial score (nSPS) is 13.7. The van der Waals surface area contributed by atoms with Gasteiger partial charge in [0.1, 0.15) is 23.4 Å². The highest BCUT2D eigenvalue weighted by molar-refractivity contribution is 6.07. The number of hydrogen-bond donors (Lipinski definition) is 1. The molecule has 1 heterocycles. The number of anilines is 1. The SMILES string of the molecule is CCCC(C)Oc1cc(-n2nc(C(C)OC(C)OCC)n(C)c2=O)c(F)cc1C(=O)Nc1c(C)cccc1C. The zero-order valence-corrected chi connectivity index (χ0v) is 24.0. The first kappa shape index (κ1) is 30.0. The molecule has 39 heavy (non-hydrogen) atoms. The zero-order valence-electron chi connectivity index (χ0n) is 24.0. The molecule has 1 amide bonds. The Hall–Kier alpha value is -3.50. The molecular formula is C29H39FN4O5. The molecule has 0 fully saturated rings. The number of nitrogens with zero attached hydrogens (tertiary/aromatic N) is 3. The number of benzene rings is 2. The predicted octanol–water partition coefficient (Wildman–Crippen LogP) is 5.61. The molecule has 3 unspecified atom stereocenters. The van der Waals surface area contributed by atoms with E-state index in [0.29, 0.717) is 18.1 Å². The summed E-state index contributed by atoms with van der Waals surface area (Å²) in [7, 11) is 1.54. The maximum Gasteiger partial charge on any atom is 0.350 e. The molecular weight excluding hydrogens is 503 g/mol. The van der Waals surface area contributed by atoms with E-state index in [1.54, 1.807) is 13.8 Å². The van der Waals surface area contributed by atoms with Gasteiger partial charge in [-0.3, -0.25) is 9.36 Å². The highest BCUT2D eigenvalue weighted by Crippen LogP contribution is 2.29. The van der Waals surface area contributed by atoms with Crippen LogP contribution in [-0.2, 0) is 16.5 Å². The molecule has 1 aromatic heterocycles. The van der Waals surface area contributed by atoms with Crippen LogP contribution >= 0.6 is 0 Å². The van der Waals surface area contributed by atoms with Gasteiger partial charge in [-0.05, 0) is 65.2 Å². The van der Waals surface area contributed by atoms with Crippen LogP contribution in [0.15, 0.2) is 35.1 Å². The fourth-order valence-electron chi connectivity index (χ4n) is 4.44. The molecule has 0 aliphatic heterocycles. The lowest BCUT2D eigenvalue weighted by atomic mass is 10.1. The van der Waals surface area contributed by atoms with Crippen molar-refractivity contribution >= 4 is 11.6 Å². The third kappa shape index (κ3) is 6.93. The van der Waals surface area contributed by atoms with Gasteiger partial charge in [0.2, 0.25) is 0 Å². The molecule has 0 saturated carbocycles. The minimum atomic E-state index is -0.792. The quantitative estimate of drug-likeness (QED) is 0.299. The van der Waals surface area contributed by atoms with Gasteiger partial charge in [-0.2, -0.15) is 4.68 Å². The van der Waals surface area contributed by atoms with Gasteiger partial charge >= 0.3 is 5.69 Å². The summed E-state index contributed by atoms with van der Waals surface area (Å²) in [4.78, 5) is 26.5. The number of ether oxygens (including phenoxy) is 3. The second-order valence-corrected chi connectivity index (χ2v) is 9.65. The van der Waals surface area contributed by atoms with E-state index >= 15 is 4.39 Å². The second kappa shape index (κ2) is 13.0. The van der Waals surface area contributed by atoms with Crippen molar-refractivity contribution in [2.75, 3.05) is 11.9 Å². The molecule has 3 aromatic rings. The van der Waals surface area contributed by atoms with E-state index < -0.39 is 29.8 Å². The minimum absolute atomic E-state index is 0.0216. The van der Waals surface area contributed by atoms with Crippen molar-refractivity contribution in [1.82, 2.24) is 14.3 Å². The first-order valence-corrected chi connectivity index (χ1v) is 13.3. The largest absolute Gasteiger partial charge is 0.490 e. The molecule has 0 aliphatic carbocycles. The number of para-hydroxylation sites is 1. The van der Waals surface area contributed by atoms with Crippen LogP contribution in [0.1, 0.15) is 80.9 Å². The monoisotopic (exact) mass is 542 g/mol. The van der Waals surface area contributed by atoms with E-state index in [4.69, 9.17) is 14.2 Å². The number of carbonyl (C=O) groups excluding carboxylic acids is 1. The zero-order chi connectivity index (χ0) is 28.9. The van der Waals surface area contributed by atoms with Crippen molar-refractivity contribution in [3.63, 3.8) is 0 Å². The van der Waals surface area contributed by atoms with Gasteiger partial charge in [-0.1, -0.05) is 31.5 Å². The summed E-state index contributed by atoms with van der Waals surface area (Å²) in [6.45, 7) is 13.5. The van der Waals surface area contributed by atoms with Crippen molar-refractivity contribution in [1.29, 1.82) is 0 Å². The van der Waals surface area contributed by atoms with Crippen LogP contribution in [-0.4, -0.2) is 39.3 Å². The molecule has 10 heteroatoms. The van der Waals surface area contributed by atoms with Crippen LogP contribution in [0.5, 0.6) is 5.75 Å². The number of halogens is 1. The number of nitrogens with one attached hydrogen (secondary N) is 1. The number of aromatic nitrogens is 3. The molecule has 3 rings (SSSR count). The molecule has 0 spiro atoms. The average Bonchev–Trinajstić information content (AvgIpc) is 3.16. The molecule has 0 radical (unpaired) electrons. The number of aryl methyl sites for hydroxylation is 2. The van der Waals surface area contributed by atoms with Gasteiger partial charge in [-0.15, -0.1) is 5.10 Å². The van der Waals surface area contributed by atoms with Crippen molar-refractivity contribution in [2.45, 2.75) is 79.8 Å². The molecule has 212 valence electrons. The van der Waals surface area contributed by atoms with Gasteiger partial charge in [-0.25, -0.2) is 9.18 Å². The summed E-state index contributed by atoms with van der Waals surface area (Å²) in [5.74, 6) is -0.855. The van der Waals surface area contributed by atoms with E-state index in [0.717, 1.165) is 34.7 Å². The lowest BCUT2D eigenvalue weighted by Gasteiger charge is -2.19. The molecule has 0 bridgehead atoms. The smallest absolute Gasteiger partial charge is 0.350 e. The Balaban J connectivity index is 2.06. The van der Waals surface area contributed by atoms with Crippen LogP contribution in [0.25, 0.3) is 5.69 Å². The van der Waals surface area contributed by atoms with E-state index in [9.17, 15) is 9.59 Å². The molecule has 0 saturated heterocycles. The fraction of sp³-hybridized carbons (Fsp3) is 0.483. The average molecular weight is 543 g/mol. The molecule has 2 aromatic carbocycles. The highest BCUT2D eigenvalue weighted by Gasteiger charge is 2.25. The Morgan fingerprint density at radius 1 is 1.13 bits per heavy atom. The van der Waals surface area contributed by atoms with E-state index in [1.165, 1.54) is 17.7 Å². The van der Waals surface area contributed by atoms with Crippen LogP contribution in [0, 0.1) is 19.7 Å². The maximum atomic E-state index is 15.6. The molecule has 0 aliphatic rings. The van der Waals surface area contributed by atoms with Gasteiger partial charge in [0, 0.05) is 25.4 Å². The van der Waals surface area contributed by atoms with E-state index in [2.05, 4.69) is 10.4 Å². The van der Waals surface area contributed by atoms with Gasteiger partial charge in [0.05, 0.1) is 11.7 Å². The van der Waals surface area contributed by atoms with Crippen molar-refractivity contribution in [3.8, 4) is 11.4 Å². The number of carbonyl (C=O) groups is 1. The summed E-state index contributed by atoms with van der Waals surface area (Å²) < 4.78 is 35.2. The lowest BCUT2D eigenvalue weighted by Crippen LogP contribution is -2.24. The van der Waals surface area contributed by atoms with Crippen LogP contribution in [0.3, 0.4) is 0 Å². The van der Waals surface area contributed by atoms with Crippen LogP contribution < -0.4 is 15.7 Å². The number of hydrogen-bond acceptors (Lipinski definition) is 6. The lowest BCUT2D eigenvalue weighted by molar-refractivity contribution is -0.156. The standard InChI is InChI=1S/C29H39FN4O5/c1-9-12-19(5)38-25-16-24(34-29(36)33(8)27(32-34)20(6)39-21(7)37-10-2)23(30)15-22(25)28(35)31-26-17(3)13-11-14-18(26)4/h11,13-16,19-21H,9-10,12H2,1-8H3,(H,31,35). The van der Waals surface area contributed by atoms with Crippen molar-refractivity contribution < 1.29 is 23.4 Å². The Labute approximate surface area is 228 Å². The van der Waals surface area contributed by atoms with Gasteiger partial charge in [0.15, 0.2) is 12.1 Å². The van der Waals surface area contributed by atoms with Crippen LogP contribution in [0.2, 0.25) is 0 Å². The first-order valence-electron chi connectivity index (χ1n) is 13.3. The van der Waals surface area contributed by atoms with Crippen LogP contribution in [0.4, 0.5) is 10.1 Å². The fourth-order valence-corrected chi connectivity index (χ4v) is 4.44. The molecule has 1 N–H and O–H groups in total. The summed E-state index contributed by atoms with van der Waals surface area (Å²) in [6.07, 6.45) is 0.225. The minimum Gasteiger partial charge on any atom is -0.490 e. The van der Waals surface area contributed by atoms with Crippen molar-refractivity contribution in [3.05, 3.63) is 69.1 Å². The number of amides is 1. The summed E-state index contributed by atoms with van der Waals surface area (Å²) in [5, 5.41) is 7.26. The molecule has 3 atom stereocenters. The van der Waals surface area contributed by atoms with Gasteiger partial charge < -0.3 is 19.5 Å². The van der Waals surface area contributed by atoms with Gasteiger partial charge in [0.25, 0.3) is 5.91 Å². The Kier molecular flexibility index (Phi) is 10.0. The highest BCUT2D eigenvalue weighted by atomic mass is 19.1. The Bertz CT molecular complexity index is 1350. The Morgan fingerprint density at radius 2 is 1.79 bits per heavy atom. The summed E-state index contributed by atoms with van der Waals surface area (Å²) >= 11 is 0. The molecule has 9 nitrogen and oxygen atoms in total. The Morgan fingerprint density at radius 3 is 2.41 bits per heavy atom. The third-order valence-corrected chi connectivity index (χ3v) is 6.44. The third-order valence-electron chi connectivity index (χ3n) is 6.44. The van der Waals surface area contributed by atoms with E-state index in [-0.39, 0.29) is 23.1 Å². The topological polar surface area (TPSA) is 96.6 Å². The van der Waals surface area contributed by atoms with E-state index in [1.807, 2.05) is 52.8 Å². The second-order valence-electron chi connectivity index (χ2n) is 9.65. The first-order chi connectivity index (χ1) is 18.5. The summed E-state index contributed by atoms with van der Waals surface area (Å²) in [6, 6.07) is 8.12. The summed E-state index contributed by atoms with van der Waals surface area (Å²) in [5.41, 5.74) is 1.74. The predicted molar refractivity (Wildman–Crippen MR) is 148 cm³/mol. The maximum absolute atomic E-state index is 15.6. The van der Waals surface area contributed by atoms with Crippen molar-refractivity contribution in [2.24, 2.45) is 7.05 Å². The number of rotatable bonds is 12.